The van der Waals surface area contributed by atoms with Crippen LogP contribution in [0.5, 0.6) is 0 Å². The third kappa shape index (κ3) is 7.23. The van der Waals surface area contributed by atoms with E-state index in [1.165, 1.54) is 0 Å². The van der Waals surface area contributed by atoms with Crippen molar-refractivity contribution in [1.29, 1.82) is 0 Å². The predicted molar refractivity (Wildman–Crippen MR) is 118 cm³/mol. The van der Waals surface area contributed by atoms with Crippen molar-refractivity contribution in [2.75, 3.05) is 0 Å². The first-order valence-electron chi connectivity index (χ1n) is 9.22. The van der Waals surface area contributed by atoms with Crippen LogP contribution in [0.1, 0.15) is 36.4 Å². The molecule has 2 N–H and O–H groups in total. The summed E-state index contributed by atoms with van der Waals surface area (Å²) < 4.78 is 0. The summed E-state index contributed by atoms with van der Waals surface area (Å²) >= 11 is 0. The molecule has 0 bridgehead atoms. The van der Waals surface area contributed by atoms with E-state index >= 15 is 0 Å². The Morgan fingerprint density at radius 3 is 1.34 bits per heavy atom. The Labute approximate surface area is 196 Å². The fraction of sp³-hybridized carbons (Fsp3) is 0.0870. The Morgan fingerprint density at radius 2 is 0.969 bits per heavy atom. The van der Waals surface area contributed by atoms with Crippen LogP contribution in [0.3, 0.4) is 0 Å². The Kier molecular flexibility index (Phi) is 10.6. The number of hydrogen-bond donors (Lipinski definition) is 0. The molecule has 0 amide bonds. The average Bonchev–Trinajstić information content (AvgIpc) is 2.81. The van der Waals surface area contributed by atoms with Gasteiger partial charge in [0.25, 0.3) is 0 Å². The van der Waals surface area contributed by atoms with Crippen LogP contribution >= 0.6 is 0 Å². The molecule has 2 aromatic carbocycles. The molecule has 0 spiro atoms. The van der Waals surface area contributed by atoms with E-state index in [2.05, 4.69) is 25.4 Å². The van der Waals surface area contributed by atoms with E-state index in [1.807, 2.05) is 12.1 Å². The van der Waals surface area contributed by atoms with Gasteiger partial charge < -0.3 is 15.7 Å². The zero-order valence-corrected chi connectivity index (χ0v) is 18.4. The van der Waals surface area contributed by atoms with Gasteiger partial charge in [0.15, 0.2) is 0 Å². The van der Waals surface area contributed by atoms with E-state index in [1.54, 1.807) is 80.6 Å². The van der Waals surface area contributed by atoms with Gasteiger partial charge in [-0.1, -0.05) is 66.7 Å². The van der Waals surface area contributed by atoms with Crippen LogP contribution in [0, 0.1) is 0 Å². The maximum Gasteiger partial charge on any atom is 2.00 e. The molecule has 1 heterocycles. The van der Waals surface area contributed by atoms with Crippen LogP contribution in [-0.2, 0) is 16.5 Å². The number of hydrogen-bond acceptors (Lipinski definition) is 7. The second-order valence-electron chi connectivity index (χ2n) is 6.32. The van der Waals surface area contributed by atoms with Gasteiger partial charge in [0.2, 0.25) is 0 Å². The number of nitrogens with zero attached hydrogens (tertiary/aromatic N) is 5. The van der Waals surface area contributed by atoms with E-state index in [-0.39, 0.29) is 22.0 Å². The van der Waals surface area contributed by atoms with Crippen LogP contribution in [-0.4, -0.2) is 33.7 Å². The van der Waals surface area contributed by atoms with Gasteiger partial charge in [-0.25, -0.2) is 4.98 Å². The monoisotopic (exact) mass is 473 g/mol. The number of pyridine rings is 1. The molecular weight excluding hydrogens is 453 g/mol. The van der Waals surface area contributed by atoms with Gasteiger partial charge in [-0.2, -0.15) is 20.4 Å². The molecule has 0 aliphatic heterocycles. The largest absolute Gasteiger partial charge is 2.00 e. The van der Waals surface area contributed by atoms with E-state index in [4.69, 9.17) is 0 Å². The van der Waals surface area contributed by atoms with Crippen molar-refractivity contribution < 1.29 is 32.2 Å². The molecule has 0 fully saturated rings. The van der Waals surface area contributed by atoms with Crippen LogP contribution in [0.4, 0.5) is 0 Å². The minimum Gasteiger partial charge on any atom is -0.857 e. The summed E-state index contributed by atoms with van der Waals surface area (Å²) in [6, 6.07) is 22.7. The van der Waals surface area contributed by atoms with Crippen molar-refractivity contribution in [3.63, 3.8) is 0 Å². The van der Waals surface area contributed by atoms with E-state index < -0.39 is 11.8 Å². The minimum atomic E-state index is -0.429. The molecule has 32 heavy (non-hydrogen) atoms. The maximum atomic E-state index is 12.1. The quantitative estimate of drug-likeness (QED) is 0.230. The Morgan fingerprint density at radius 1 is 0.594 bits per heavy atom. The van der Waals surface area contributed by atoms with Crippen molar-refractivity contribution in [1.82, 2.24) is 4.98 Å². The van der Waals surface area contributed by atoms with E-state index in [0.717, 1.165) is 0 Å². The van der Waals surface area contributed by atoms with Gasteiger partial charge in [0.05, 0.1) is 22.8 Å². The third-order valence-electron chi connectivity index (χ3n) is 4.11. The molecule has 0 aliphatic rings. The zero-order valence-electron chi connectivity index (χ0n) is 17.4. The number of aromatic nitrogens is 1. The Bertz CT molecular complexity index is 1040. The van der Waals surface area contributed by atoms with Crippen LogP contribution in [0.2, 0.25) is 0 Å². The molecule has 0 atom stereocenters. The molecule has 0 saturated heterocycles. The molecule has 3 aromatic rings. The summed E-state index contributed by atoms with van der Waals surface area (Å²) in [6.07, 6.45) is 0. The van der Waals surface area contributed by atoms with E-state index in [0.29, 0.717) is 33.9 Å². The summed E-state index contributed by atoms with van der Waals surface area (Å²) in [4.78, 5) is 4.47. The molecule has 0 aliphatic carbocycles. The Balaban J connectivity index is 0.00000256. The first-order chi connectivity index (χ1) is 14.5. The van der Waals surface area contributed by atoms with Crippen LogP contribution in [0.15, 0.2) is 99.3 Å². The van der Waals surface area contributed by atoms with Gasteiger partial charge >= 0.3 is 16.5 Å². The fourth-order valence-electron chi connectivity index (χ4n) is 2.46. The van der Waals surface area contributed by atoms with Gasteiger partial charge in [0, 0.05) is 11.8 Å². The fourth-order valence-corrected chi connectivity index (χ4v) is 2.46. The SMILES string of the molecule is C/C(=N\N=C(/[O-])c1ccccc1)c1cccc(/C(C)=N/N=C(\[O-])c2ccccc2)n1.O.[Ni+2]. The molecule has 0 radical (unpaired) electrons. The topological polar surface area (TPSA) is 140 Å². The number of rotatable bonds is 6. The van der Waals surface area contributed by atoms with Crippen LogP contribution < -0.4 is 10.2 Å². The van der Waals surface area contributed by atoms with Gasteiger partial charge in [-0.05, 0) is 37.1 Å². The summed E-state index contributed by atoms with van der Waals surface area (Å²) in [5.41, 5.74) is 2.96. The zero-order chi connectivity index (χ0) is 21.3. The maximum absolute atomic E-state index is 12.1. The standard InChI is InChI=1S/C23H21N5O2.Ni.H2O/c1-16(25-27-22(29)18-10-5-3-6-11-18)20-14-9-15-21(24-20)17(2)26-28-23(30)19-12-7-4-8-13-19;;/h3-15H,1-2H3,(H,27,29)(H,28,30);;1H2/q;+2;/p-2/b25-16+,26-17+;;. The van der Waals surface area contributed by atoms with Gasteiger partial charge in [-0.15, -0.1) is 0 Å². The molecule has 3 rings (SSSR count). The minimum absolute atomic E-state index is 0. The van der Waals surface area contributed by atoms with Crippen molar-refractivity contribution in [2.24, 2.45) is 20.4 Å². The van der Waals surface area contributed by atoms with Gasteiger partial charge in [-0.3, -0.25) is 0 Å². The first kappa shape index (κ1) is 26.4. The molecule has 8 nitrogen and oxygen atoms in total. The molecule has 0 saturated carbocycles. The number of benzene rings is 2. The summed E-state index contributed by atoms with van der Waals surface area (Å²) in [7, 11) is 0. The smallest absolute Gasteiger partial charge is 0.857 e. The Hall–Kier alpha value is -3.68. The van der Waals surface area contributed by atoms with E-state index in [9.17, 15) is 10.2 Å². The van der Waals surface area contributed by atoms with Crippen molar-refractivity contribution >= 4 is 23.2 Å². The normalized spacial score (nSPS) is 12.6. The average molecular weight is 474 g/mol. The van der Waals surface area contributed by atoms with Crippen LogP contribution in [0.25, 0.3) is 0 Å². The summed E-state index contributed by atoms with van der Waals surface area (Å²) in [5, 5.41) is 39.6. The molecule has 9 heteroatoms. The van der Waals surface area contributed by atoms with Crippen molar-refractivity contribution in [2.45, 2.75) is 13.8 Å². The van der Waals surface area contributed by atoms with Crippen molar-refractivity contribution in [3.05, 3.63) is 101 Å². The molecular formula is C23H21N5NiO3. The molecule has 0 unspecified atom stereocenters. The van der Waals surface area contributed by atoms with Gasteiger partial charge in [0.1, 0.15) is 0 Å². The molecule has 166 valence electrons. The first-order valence-corrected chi connectivity index (χ1v) is 9.22. The predicted octanol–water partition coefficient (Wildman–Crippen LogP) is 1.32. The summed E-state index contributed by atoms with van der Waals surface area (Å²) in [6.45, 7) is 3.42. The van der Waals surface area contributed by atoms with Crippen molar-refractivity contribution in [3.8, 4) is 0 Å². The summed E-state index contributed by atoms with van der Waals surface area (Å²) in [5.74, 6) is -0.857. The third-order valence-corrected chi connectivity index (χ3v) is 4.11. The second kappa shape index (κ2) is 12.9. The second-order valence-corrected chi connectivity index (χ2v) is 6.32. The molecule has 1 aromatic heterocycles.